The number of anilines is 1. The molecule has 126 valence electrons. The van der Waals surface area contributed by atoms with E-state index in [1.165, 1.54) is 48.5 Å². The largest absolute Gasteiger partial charge is 0.451 e. The van der Waals surface area contributed by atoms with Crippen molar-refractivity contribution in [1.29, 1.82) is 0 Å². The summed E-state index contributed by atoms with van der Waals surface area (Å²) in [6.45, 7) is 0. The quantitative estimate of drug-likeness (QED) is 0.529. The Bertz CT molecular complexity index is 971. The number of nitrogens with zero attached hydrogens (tertiary/aromatic N) is 1. The lowest BCUT2D eigenvalue weighted by molar-refractivity contribution is -0.384. The van der Waals surface area contributed by atoms with Crippen molar-refractivity contribution < 1.29 is 18.5 Å². The van der Waals surface area contributed by atoms with Crippen molar-refractivity contribution in [2.75, 3.05) is 5.32 Å². The van der Waals surface area contributed by atoms with Crippen molar-refractivity contribution >= 4 is 28.9 Å². The van der Waals surface area contributed by atoms with Crippen LogP contribution in [0.1, 0.15) is 10.6 Å². The highest BCUT2D eigenvalue weighted by Gasteiger charge is 2.15. The van der Waals surface area contributed by atoms with E-state index < -0.39 is 16.6 Å². The molecule has 0 saturated heterocycles. The highest BCUT2D eigenvalue weighted by Crippen LogP contribution is 2.27. The van der Waals surface area contributed by atoms with Gasteiger partial charge in [-0.3, -0.25) is 14.9 Å². The van der Waals surface area contributed by atoms with Gasteiger partial charge in [-0.2, -0.15) is 0 Å². The van der Waals surface area contributed by atoms with Crippen LogP contribution in [0.15, 0.2) is 59.0 Å². The lowest BCUT2D eigenvalue weighted by Crippen LogP contribution is -2.10. The number of hydrogen-bond acceptors (Lipinski definition) is 4. The van der Waals surface area contributed by atoms with Gasteiger partial charge in [-0.15, -0.1) is 0 Å². The highest BCUT2D eigenvalue weighted by molar-refractivity contribution is 6.31. The van der Waals surface area contributed by atoms with E-state index in [0.717, 1.165) is 0 Å². The maximum absolute atomic E-state index is 13.2. The molecule has 3 aromatic rings. The summed E-state index contributed by atoms with van der Waals surface area (Å²) >= 11 is 5.73. The lowest BCUT2D eigenvalue weighted by atomic mass is 10.2. The number of benzene rings is 2. The van der Waals surface area contributed by atoms with Crippen LogP contribution >= 0.6 is 11.6 Å². The fraction of sp³-hybridized carbons (Fsp3) is 0. The molecule has 0 radical (unpaired) electrons. The second-order valence-electron chi connectivity index (χ2n) is 5.05. The first kappa shape index (κ1) is 16.7. The molecule has 8 heteroatoms. The molecule has 0 spiro atoms. The second-order valence-corrected chi connectivity index (χ2v) is 5.46. The summed E-state index contributed by atoms with van der Waals surface area (Å²) in [4.78, 5) is 22.4. The van der Waals surface area contributed by atoms with Crippen LogP contribution in [-0.4, -0.2) is 10.8 Å². The van der Waals surface area contributed by atoms with E-state index in [4.69, 9.17) is 16.0 Å². The lowest BCUT2D eigenvalue weighted by Gasteiger charge is -2.03. The summed E-state index contributed by atoms with van der Waals surface area (Å²) in [6.07, 6.45) is 0. The van der Waals surface area contributed by atoms with Crippen LogP contribution in [0.3, 0.4) is 0 Å². The minimum Gasteiger partial charge on any atom is -0.451 e. The maximum Gasteiger partial charge on any atom is 0.291 e. The van der Waals surface area contributed by atoms with Gasteiger partial charge in [-0.25, -0.2) is 4.39 Å². The van der Waals surface area contributed by atoms with Gasteiger partial charge in [-0.1, -0.05) is 17.7 Å². The van der Waals surface area contributed by atoms with Crippen molar-refractivity contribution in [1.82, 2.24) is 0 Å². The van der Waals surface area contributed by atoms with Crippen molar-refractivity contribution in [3.05, 3.63) is 81.3 Å². The molecule has 1 N–H and O–H groups in total. The predicted octanol–water partition coefficient (Wildman–Crippen LogP) is 4.90. The monoisotopic (exact) mass is 360 g/mol. The molecule has 1 amide bonds. The highest BCUT2D eigenvalue weighted by atomic mass is 35.5. The van der Waals surface area contributed by atoms with E-state index in [1.807, 2.05) is 0 Å². The fourth-order valence-corrected chi connectivity index (χ4v) is 2.33. The zero-order valence-corrected chi connectivity index (χ0v) is 13.3. The number of non-ortho nitro benzene ring substituents is 1. The molecular formula is C17H10ClFN2O4. The summed E-state index contributed by atoms with van der Waals surface area (Å²) in [5, 5.41) is 13.2. The van der Waals surface area contributed by atoms with Crippen LogP contribution in [0.5, 0.6) is 0 Å². The molecule has 1 aromatic heterocycles. The minimum atomic E-state index is -0.569. The number of hydrogen-bond donors (Lipinski definition) is 1. The Morgan fingerprint density at radius 1 is 1.16 bits per heavy atom. The fourth-order valence-electron chi connectivity index (χ4n) is 2.15. The van der Waals surface area contributed by atoms with Gasteiger partial charge in [0.1, 0.15) is 11.6 Å². The maximum atomic E-state index is 13.2. The second kappa shape index (κ2) is 6.74. The Kier molecular flexibility index (Phi) is 4.49. The molecule has 0 unspecified atom stereocenters. The van der Waals surface area contributed by atoms with Gasteiger partial charge in [0.25, 0.3) is 11.6 Å². The van der Waals surface area contributed by atoms with Crippen LogP contribution in [0.25, 0.3) is 11.3 Å². The molecule has 0 bridgehead atoms. The van der Waals surface area contributed by atoms with Gasteiger partial charge in [0.2, 0.25) is 0 Å². The number of nitro groups is 1. The molecule has 0 atom stereocenters. The molecule has 0 saturated carbocycles. The molecule has 6 nitrogen and oxygen atoms in total. The van der Waals surface area contributed by atoms with Gasteiger partial charge in [-0.05, 0) is 36.4 Å². The molecule has 1 heterocycles. The number of amides is 1. The van der Waals surface area contributed by atoms with E-state index in [-0.39, 0.29) is 22.2 Å². The number of nitro benzene ring substituents is 1. The summed E-state index contributed by atoms with van der Waals surface area (Å²) in [5.41, 5.74) is 0.640. The summed E-state index contributed by atoms with van der Waals surface area (Å²) in [7, 11) is 0. The van der Waals surface area contributed by atoms with Crippen molar-refractivity contribution in [2.24, 2.45) is 0 Å². The van der Waals surface area contributed by atoms with Crippen LogP contribution in [-0.2, 0) is 0 Å². The molecule has 0 aliphatic heterocycles. The summed E-state index contributed by atoms with van der Waals surface area (Å²) in [6, 6.07) is 12.6. The molecule has 0 fully saturated rings. The molecule has 0 aliphatic rings. The van der Waals surface area contributed by atoms with E-state index in [9.17, 15) is 19.3 Å². The Morgan fingerprint density at radius 2 is 1.96 bits per heavy atom. The Hall–Kier alpha value is -3.19. The average molecular weight is 361 g/mol. The molecule has 3 rings (SSSR count). The van der Waals surface area contributed by atoms with E-state index in [1.54, 1.807) is 6.07 Å². The zero-order chi connectivity index (χ0) is 18.0. The smallest absolute Gasteiger partial charge is 0.291 e. The van der Waals surface area contributed by atoms with Crippen LogP contribution in [0.4, 0.5) is 15.8 Å². The number of carbonyl (C=O) groups excluding carboxylic acids is 1. The number of furan rings is 1. The first-order valence-corrected chi connectivity index (χ1v) is 7.43. The average Bonchev–Trinajstić information content (AvgIpc) is 3.08. The first-order chi connectivity index (χ1) is 11.9. The Morgan fingerprint density at radius 3 is 2.68 bits per heavy atom. The first-order valence-electron chi connectivity index (χ1n) is 7.05. The normalized spacial score (nSPS) is 10.5. The third-order valence-electron chi connectivity index (χ3n) is 3.35. The van der Waals surface area contributed by atoms with Crippen LogP contribution in [0.2, 0.25) is 5.02 Å². The number of rotatable bonds is 4. The summed E-state index contributed by atoms with van der Waals surface area (Å²) in [5.74, 6) is -0.784. The van der Waals surface area contributed by atoms with Crippen LogP contribution in [0, 0.1) is 15.9 Å². The minimum absolute atomic E-state index is 0.00181. The zero-order valence-electron chi connectivity index (χ0n) is 12.5. The SMILES string of the molecule is O=C(Nc1cccc([N+](=O)[O-])c1)c1ccc(-c2ccc(F)c(Cl)c2)o1. The molecule has 25 heavy (non-hydrogen) atoms. The molecule has 2 aromatic carbocycles. The molecular weight excluding hydrogens is 351 g/mol. The standard InChI is InChI=1S/C17H10ClFN2O4/c18-13-8-10(4-5-14(13)19)15-6-7-16(25-15)17(22)20-11-2-1-3-12(9-11)21(23)24/h1-9H,(H,20,22). The van der Waals surface area contributed by atoms with E-state index >= 15 is 0 Å². The van der Waals surface area contributed by atoms with Gasteiger partial charge in [0.05, 0.1) is 9.95 Å². The van der Waals surface area contributed by atoms with Crippen LogP contribution < -0.4 is 5.32 Å². The number of nitrogens with one attached hydrogen (secondary N) is 1. The van der Waals surface area contributed by atoms with Crippen molar-refractivity contribution in [3.63, 3.8) is 0 Å². The summed E-state index contributed by atoms with van der Waals surface area (Å²) < 4.78 is 18.7. The topological polar surface area (TPSA) is 85.4 Å². The Labute approximate surface area is 146 Å². The van der Waals surface area contributed by atoms with Gasteiger partial charge in [0.15, 0.2) is 5.76 Å². The molecule has 0 aliphatic carbocycles. The third kappa shape index (κ3) is 3.67. The van der Waals surface area contributed by atoms with Gasteiger partial charge >= 0.3 is 0 Å². The number of carbonyl (C=O) groups is 1. The van der Waals surface area contributed by atoms with E-state index in [2.05, 4.69) is 5.32 Å². The number of halogens is 2. The van der Waals surface area contributed by atoms with E-state index in [0.29, 0.717) is 11.3 Å². The predicted molar refractivity (Wildman–Crippen MR) is 90.2 cm³/mol. The Balaban J connectivity index is 1.80. The van der Waals surface area contributed by atoms with Crippen molar-refractivity contribution in [2.45, 2.75) is 0 Å². The van der Waals surface area contributed by atoms with Gasteiger partial charge < -0.3 is 9.73 Å². The van der Waals surface area contributed by atoms with Crippen molar-refractivity contribution in [3.8, 4) is 11.3 Å². The third-order valence-corrected chi connectivity index (χ3v) is 3.64. The van der Waals surface area contributed by atoms with Gasteiger partial charge in [0, 0.05) is 23.4 Å².